The smallest absolute Gasteiger partial charge is 0.408 e. The number of nitrogens with one attached hydrogen (secondary N) is 2. The van der Waals surface area contributed by atoms with Crippen molar-refractivity contribution < 1.29 is 9.52 Å². The van der Waals surface area contributed by atoms with Gasteiger partial charge in [-0.3, -0.25) is 4.98 Å². The largest absolute Gasteiger partial charge is 0.417 e. The number of oxazole rings is 1. The number of fused-ring (bicyclic) bond motifs is 1. The number of aromatic nitrogens is 1. The van der Waals surface area contributed by atoms with Gasteiger partial charge >= 0.3 is 5.76 Å². The first-order valence-electron chi connectivity index (χ1n) is 5.52. The van der Waals surface area contributed by atoms with Crippen molar-refractivity contribution in [2.45, 2.75) is 25.8 Å². The fraction of sp³-hybridized carbons (Fsp3) is 0.417. The summed E-state index contributed by atoms with van der Waals surface area (Å²) in [7, 11) is 0. The third kappa shape index (κ3) is 2.68. The number of benzene rings is 1. The molecule has 3 N–H and O–H groups in total. The van der Waals surface area contributed by atoms with Crippen molar-refractivity contribution in [3.8, 4) is 0 Å². The van der Waals surface area contributed by atoms with Gasteiger partial charge in [-0.05, 0) is 32.4 Å². The predicted octanol–water partition coefficient (Wildman–Crippen LogP) is 1.69. The quantitative estimate of drug-likeness (QED) is 0.755. The van der Waals surface area contributed by atoms with E-state index in [4.69, 9.17) is 9.52 Å². The predicted molar refractivity (Wildman–Crippen MR) is 66.2 cm³/mol. The Morgan fingerprint density at radius 1 is 1.47 bits per heavy atom. The van der Waals surface area contributed by atoms with Crippen molar-refractivity contribution in [2.24, 2.45) is 0 Å². The molecule has 0 atom stereocenters. The molecular weight excluding hydrogens is 220 g/mol. The van der Waals surface area contributed by atoms with Crippen LogP contribution in [0.4, 0.5) is 5.69 Å². The van der Waals surface area contributed by atoms with E-state index in [0.29, 0.717) is 17.5 Å². The second-order valence-electron chi connectivity index (χ2n) is 4.71. The molecule has 5 heteroatoms. The zero-order chi connectivity index (χ0) is 12.5. The minimum absolute atomic E-state index is 0.126. The highest BCUT2D eigenvalue weighted by atomic mass is 16.4. The molecule has 0 saturated carbocycles. The minimum Gasteiger partial charge on any atom is -0.408 e. The normalized spacial score (nSPS) is 11.9. The molecule has 0 aliphatic rings. The Bertz CT molecular complexity index is 568. The molecule has 2 aromatic rings. The maximum absolute atomic E-state index is 11.0. The molecule has 0 amide bonds. The highest BCUT2D eigenvalue weighted by molar-refractivity contribution is 5.76. The van der Waals surface area contributed by atoms with Crippen LogP contribution < -0.4 is 11.1 Å². The van der Waals surface area contributed by atoms with Gasteiger partial charge in [0, 0.05) is 23.9 Å². The van der Waals surface area contributed by atoms with Gasteiger partial charge in [0.2, 0.25) is 0 Å². The van der Waals surface area contributed by atoms with Crippen LogP contribution in [0.15, 0.2) is 27.4 Å². The fourth-order valence-corrected chi connectivity index (χ4v) is 1.76. The van der Waals surface area contributed by atoms with Crippen LogP contribution in [-0.4, -0.2) is 22.2 Å². The Labute approximate surface area is 98.5 Å². The topological polar surface area (TPSA) is 78.3 Å². The average molecular weight is 236 g/mol. The summed E-state index contributed by atoms with van der Waals surface area (Å²) in [5.74, 6) is -0.452. The lowest BCUT2D eigenvalue weighted by Crippen LogP contribution is -2.31. The molecule has 0 fully saturated rings. The zero-order valence-electron chi connectivity index (χ0n) is 9.91. The number of aromatic amines is 1. The van der Waals surface area contributed by atoms with Gasteiger partial charge in [0.1, 0.15) is 0 Å². The Morgan fingerprint density at radius 2 is 2.24 bits per heavy atom. The number of hydrogen-bond acceptors (Lipinski definition) is 4. The van der Waals surface area contributed by atoms with Gasteiger partial charge in [0.25, 0.3) is 0 Å². The molecule has 92 valence electrons. The summed E-state index contributed by atoms with van der Waals surface area (Å²) >= 11 is 0. The molecule has 0 saturated heterocycles. The summed E-state index contributed by atoms with van der Waals surface area (Å²) in [6.07, 6.45) is 0.641. The van der Waals surface area contributed by atoms with Gasteiger partial charge in [-0.25, -0.2) is 4.79 Å². The zero-order valence-corrected chi connectivity index (χ0v) is 9.91. The van der Waals surface area contributed by atoms with Gasteiger partial charge in [-0.15, -0.1) is 0 Å². The van der Waals surface area contributed by atoms with Crippen molar-refractivity contribution in [1.82, 2.24) is 4.98 Å². The van der Waals surface area contributed by atoms with Crippen LogP contribution in [0.3, 0.4) is 0 Å². The lowest BCUT2D eigenvalue weighted by Gasteiger charge is -2.26. The second-order valence-corrected chi connectivity index (χ2v) is 4.71. The number of rotatable bonds is 4. The molecular formula is C12H16N2O3. The monoisotopic (exact) mass is 236 g/mol. The molecule has 0 spiro atoms. The molecule has 1 aromatic heterocycles. The Hall–Kier alpha value is -1.75. The first kappa shape index (κ1) is 11.7. The van der Waals surface area contributed by atoms with E-state index in [1.54, 1.807) is 12.1 Å². The first-order chi connectivity index (χ1) is 8.00. The van der Waals surface area contributed by atoms with E-state index in [1.807, 2.05) is 19.9 Å². The third-order valence-electron chi connectivity index (χ3n) is 2.64. The molecule has 0 unspecified atom stereocenters. The van der Waals surface area contributed by atoms with Gasteiger partial charge < -0.3 is 14.8 Å². The Morgan fingerprint density at radius 3 is 2.94 bits per heavy atom. The van der Waals surface area contributed by atoms with Gasteiger partial charge in [0.15, 0.2) is 5.58 Å². The number of anilines is 1. The summed E-state index contributed by atoms with van der Waals surface area (Å²) in [4.78, 5) is 13.6. The number of hydrogen-bond donors (Lipinski definition) is 3. The van der Waals surface area contributed by atoms with Crippen LogP contribution in [0, 0.1) is 0 Å². The second kappa shape index (κ2) is 4.25. The molecule has 0 aliphatic carbocycles. The van der Waals surface area contributed by atoms with Crippen LogP contribution in [-0.2, 0) is 0 Å². The lowest BCUT2D eigenvalue weighted by molar-refractivity contribution is 0.261. The summed E-state index contributed by atoms with van der Waals surface area (Å²) in [6.45, 7) is 4.13. The Balaban J connectivity index is 2.27. The standard InChI is InChI=1S/C12H16N2O3/c1-12(2,5-6-15)14-8-3-4-9-10(7-8)17-11(16)13-9/h3-4,7,14-15H,5-6H2,1-2H3,(H,13,16). The van der Waals surface area contributed by atoms with Crippen LogP contribution in [0.25, 0.3) is 11.1 Å². The van der Waals surface area contributed by atoms with E-state index in [1.165, 1.54) is 0 Å². The maximum atomic E-state index is 11.0. The molecule has 0 aliphatic heterocycles. The van der Waals surface area contributed by atoms with Gasteiger partial charge in [-0.1, -0.05) is 0 Å². The van der Waals surface area contributed by atoms with Gasteiger partial charge in [-0.2, -0.15) is 0 Å². The maximum Gasteiger partial charge on any atom is 0.417 e. The SMILES string of the molecule is CC(C)(CCO)Nc1ccc2[nH]c(=O)oc2c1. The molecule has 1 aromatic carbocycles. The van der Waals surface area contributed by atoms with Crippen LogP contribution >= 0.6 is 0 Å². The van der Waals surface area contributed by atoms with Crippen molar-refractivity contribution in [3.63, 3.8) is 0 Å². The van der Waals surface area contributed by atoms with Crippen LogP contribution in [0.2, 0.25) is 0 Å². The third-order valence-corrected chi connectivity index (χ3v) is 2.64. The summed E-state index contributed by atoms with van der Waals surface area (Å²) in [5, 5.41) is 12.2. The molecule has 5 nitrogen and oxygen atoms in total. The summed E-state index contributed by atoms with van der Waals surface area (Å²) in [6, 6.07) is 5.43. The van der Waals surface area contributed by atoms with E-state index < -0.39 is 5.76 Å². The van der Waals surface area contributed by atoms with E-state index >= 15 is 0 Å². The average Bonchev–Trinajstić information content (AvgIpc) is 2.56. The summed E-state index contributed by atoms with van der Waals surface area (Å²) < 4.78 is 4.98. The lowest BCUT2D eigenvalue weighted by atomic mass is 10.0. The molecule has 2 rings (SSSR count). The first-order valence-corrected chi connectivity index (χ1v) is 5.52. The van der Waals surface area contributed by atoms with E-state index in [2.05, 4.69) is 10.3 Å². The molecule has 0 radical (unpaired) electrons. The Kier molecular flexibility index (Phi) is 2.93. The highest BCUT2D eigenvalue weighted by Gasteiger charge is 2.16. The van der Waals surface area contributed by atoms with Crippen molar-refractivity contribution in [2.75, 3.05) is 11.9 Å². The van der Waals surface area contributed by atoms with E-state index in [0.717, 1.165) is 5.69 Å². The van der Waals surface area contributed by atoms with Crippen molar-refractivity contribution in [3.05, 3.63) is 28.7 Å². The van der Waals surface area contributed by atoms with Crippen LogP contribution in [0.5, 0.6) is 0 Å². The van der Waals surface area contributed by atoms with Crippen molar-refractivity contribution >= 4 is 16.8 Å². The van der Waals surface area contributed by atoms with E-state index in [9.17, 15) is 4.79 Å². The minimum atomic E-state index is -0.452. The highest BCUT2D eigenvalue weighted by Crippen LogP contribution is 2.21. The van der Waals surface area contributed by atoms with Crippen molar-refractivity contribution in [1.29, 1.82) is 0 Å². The molecule has 17 heavy (non-hydrogen) atoms. The fourth-order valence-electron chi connectivity index (χ4n) is 1.76. The number of aliphatic hydroxyl groups excluding tert-OH is 1. The van der Waals surface area contributed by atoms with Gasteiger partial charge in [0.05, 0.1) is 5.52 Å². The number of H-pyrrole nitrogens is 1. The van der Waals surface area contributed by atoms with E-state index in [-0.39, 0.29) is 12.1 Å². The molecule has 1 heterocycles. The molecule has 0 bridgehead atoms. The summed E-state index contributed by atoms with van der Waals surface area (Å²) in [5.41, 5.74) is 1.86. The van der Waals surface area contributed by atoms with Crippen LogP contribution in [0.1, 0.15) is 20.3 Å². The number of aliphatic hydroxyl groups is 1.